The van der Waals surface area contributed by atoms with E-state index >= 15 is 0 Å². The summed E-state index contributed by atoms with van der Waals surface area (Å²) in [7, 11) is 1.82. The van der Waals surface area contributed by atoms with E-state index in [4.69, 9.17) is 4.74 Å². The molecule has 2 N–H and O–H groups in total. The zero-order valence-corrected chi connectivity index (χ0v) is 14.3. The molecule has 7 nitrogen and oxygen atoms in total. The zero-order valence-electron chi connectivity index (χ0n) is 14.3. The maximum atomic E-state index is 12.1. The minimum atomic E-state index is -0.509. The Balaban J connectivity index is 1.83. The van der Waals surface area contributed by atoms with Gasteiger partial charge in [-0.05, 0) is 46.5 Å². The zero-order chi connectivity index (χ0) is 17.0. The fourth-order valence-corrected chi connectivity index (χ4v) is 2.72. The van der Waals surface area contributed by atoms with E-state index < -0.39 is 11.7 Å². The van der Waals surface area contributed by atoms with E-state index in [9.17, 15) is 9.59 Å². The number of hydrogen-bond acceptors (Lipinski definition) is 4. The lowest BCUT2D eigenvalue weighted by Gasteiger charge is -2.31. The van der Waals surface area contributed by atoms with Crippen molar-refractivity contribution in [3.63, 3.8) is 0 Å². The number of hydrogen-bond donors (Lipinski definition) is 2. The lowest BCUT2D eigenvalue weighted by molar-refractivity contribution is 0.0489. The number of carbonyl (C=O) groups excluding carboxylic acids is 2. The fourth-order valence-electron chi connectivity index (χ4n) is 2.72. The van der Waals surface area contributed by atoms with Crippen molar-refractivity contribution in [1.29, 1.82) is 0 Å². The van der Waals surface area contributed by atoms with Gasteiger partial charge >= 0.3 is 6.09 Å². The first-order valence-corrected chi connectivity index (χ1v) is 8.01. The number of rotatable bonds is 3. The third kappa shape index (κ3) is 5.58. The van der Waals surface area contributed by atoms with Gasteiger partial charge in [-0.2, -0.15) is 0 Å². The van der Waals surface area contributed by atoms with E-state index in [1.807, 2.05) is 27.8 Å². The van der Waals surface area contributed by atoms with Gasteiger partial charge in [0.05, 0.1) is 6.33 Å². The summed E-state index contributed by atoms with van der Waals surface area (Å²) in [5, 5.41) is 5.88. The van der Waals surface area contributed by atoms with Gasteiger partial charge in [0, 0.05) is 25.3 Å². The molecule has 1 heterocycles. The molecule has 1 unspecified atom stereocenters. The molecule has 7 heteroatoms. The van der Waals surface area contributed by atoms with Crippen LogP contribution in [0.15, 0.2) is 12.5 Å². The molecular weight excluding hydrogens is 296 g/mol. The number of amides is 2. The van der Waals surface area contributed by atoms with Crippen molar-refractivity contribution in [3.8, 4) is 0 Å². The molecule has 1 fully saturated rings. The summed E-state index contributed by atoms with van der Waals surface area (Å²) in [5.41, 5.74) is -0.0968. The Labute approximate surface area is 136 Å². The number of nitrogens with one attached hydrogen (secondary N) is 2. The van der Waals surface area contributed by atoms with Gasteiger partial charge in [0.15, 0.2) is 0 Å². The van der Waals surface area contributed by atoms with Crippen molar-refractivity contribution in [2.75, 3.05) is 0 Å². The van der Waals surface area contributed by atoms with Gasteiger partial charge in [0.25, 0.3) is 5.91 Å². The number of imidazole rings is 1. The second-order valence-electron chi connectivity index (χ2n) is 7.10. The summed E-state index contributed by atoms with van der Waals surface area (Å²) >= 11 is 0. The minimum absolute atomic E-state index is 0.0210. The number of nitrogens with zero attached hydrogens (tertiary/aromatic N) is 2. The lowest BCUT2D eigenvalue weighted by atomic mass is 9.91. The Morgan fingerprint density at radius 3 is 2.48 bits per heavy atom. The largest absolute Gasteiger partial charge is 0.444 e. The molecule has 2 atom stereocenters. The van der Waals surface area contributed by atoms with Crippen LogP contribution >= 0.6 is 0 Å². The molecule has 2 rings (SSSR count). The van der Waals surface area contributed by atoms with E-state index in [1.54, 1.807) is 17.1 Å². The highest BCUT2D eigenvalue weighted by atomic mass is 16.6. The maximum absolute atomic E-state index is 12.1. The van der Waals surface area contributed by atoms with Gasteiger partial charge < -0.3 is 19.9 Å². The van der Waals surface area contributed by atoms with Gasteiger partial charge in [-0.25, -0.2) is 9.78 Å². The van der Waals surface area contributed by atoms with E-state index in [0.717, 1.165) is 19.3 Å². The van der Waals surface area contributed by atoms with E-state index in [-0.39, 0.29) is 18.0 Å². The second-order valence-corrected chi connectivity index (χ2v) is 7.10. The molecule has 1 aromatic heterocycles. The Morgan fingerprint density at radius 1 is 1.26 bits per heavy atom. The van der Waals surface area contributed by atoms with Crippen LogP contribution in [0.4, 0.5) is 4.79 Å². The van der Waals surface area contributed by atoms with E-state index in [2.05, 4.69) is 15.6 Å². The van der Waals surface area contributed by atoms with Gasteiger partial charge in [0.1, 0.15) is 11.3 Å². The van der Waals surface area contributed by atoms with Crippen LogP contribution in [0.5, 0.6) is 0 Å². The Morgan fingerprint density at radius 2 is 1.91 bits per heavy atom. The smallest absolute Gasteiger partial charge is 0.407 e. The van der Waals surface area contributed by atoms with Crippen LogP contribution in [0.2, 0.25) is 0 Å². The monoisotopic (exact) mass is 322 g/mol. The second kappa shape index (κ2) is 7.02. The molecule has 128 valence electrons. The summed E-state index contributed by atoms with van der Waals surface area (Å²) < 4.78 is 7.02. The molecule has 1 saturated carbocycles. The summed E-state index contributed by atoms with van der Waals surface area (Å²) in [6, 6.07) is 0.0609. The first kappa shape index (κ1) is 17.3. The van der Waals surface area contributed by atoms with Crippen LogP contribution in [-0.4, -0.2) is 39.2 Å². The third-order valence-corrected chi connectivity index (χ3v) is 3.67. The number of carbonyl (C=O) groups is 2. The highest BCUT2D eigenvalue weighted by molar-refractivity contribution is 5.92. The Hall–Kier alpha value is -2.05. The number of aryl methyl sites for hydroxylation is 1. The first-order chi connectivity index (χ1) is 10.7. The van der Waals surface area contributed by atoms with Crippen LogP contribution in [0.25, 0.3) is 0 Å². The molecule has 0 aliphatic heterocycles. The maximum Gasteiger partial charge on any atom is 0.407 e. The molecule has 0 aromatic carbocycles. The molecule has 0 spiro atoms. The molecule has 0 radical (unpaired) electrons. The number of ether oxygens (including phenoxy) is 1. The van der Waals surface area contributed by atoms with Crippen LogP contribution in [0, 0.1) is 0 Å². The SMILES string of the molecule is Cn1cnc(C(=O)N[C@@H]2CCCC(NC(=O)OC(C)(C)C)C2)c1. The highest BCUT2D eigenvalue weighted by Gasteiger charge is 2.26. The normalized spacial score (nSPS) is 21.6. The molecule has 2 amide bonds. The molecular formula is C16H26N4O3. The molecule has 23 heavy (non-hydrogen) atoms. The van der Waals surface area contributed by atoms with Crippen LogP contribution in [-0.2, 0) is 11.8 Å². The predicted molar refractivity (Wildman–Crippen MR) is 86.1 cm³/mol. The first-order valence-electron chi connectivity index (χ1n) is 8.01. The van der Waals surface area contributed by atoms with Gasteiger partial charge in [0.2, 0.25) is 0 Å². The number of aromatic nitrogens is 2. The average Bonchev–Trinajstić information content (AvgIpc) is 2.83. The Kier molecular flexibility index (Phi) is 5.28. The Bertz CT molecular complexity index is 562. The van der Waals surface area contributed by atoms with Crippen molar-refractivity contribution in [3.05, 3.63) is 18.2 Å². The summed E-state index contributed by atoms with van der Waals surface area (Å²) in [6.45, 7) is 5.51. The molecule has 1 aromatic rings. The highest BCUT2D eigenvalue weighted by Crippen LogP contribution is 2.19. The topological polar surface area (TPSA) is 85.3 Å². The van der Waals surface area contributed by atoms with Crippen molar-refractivity contribution in [1.82, 2.24) is 20.2 Å². The molecule has 0 bridgehead atoms. The van der Waals surface area contributed by atoms with E-state index in [0.29, 0.717) is 12.1 Å². The summed E-state index contributed by atoms with van der Waals surface area (Å²) in [6.07, 6.45) is 6.35. The lowest BCUT2D eigenvalue weighted by Crippen LogP contribution is -2.47. The predicted octanol–water partition coefficient (Wildman–Crippen LogP) is 1.99. The van der Waals surface area contributed by atoms with Crippen molar-refractivity contribution < 1.29 is 14.3 Å². The third-order valence-electron chi connectivity index (χ3n) is 3.67. The molecule has 1 aliphatic carbocycles. The summed E-state index contributed by atoms with van der Waals surface area (Å²) in [5.74, 6) is -0.173. The van der Waals surface area contributed by atoms with E-state index in [1.165, 1.54) is 0 Å². The van der Waals surface area contributed by atoms with Crippen LogP contribution in [0.3, 0.4) is 0 Å². The van der Waals surface area contributed by atoms with Crippen LogP contribution in [0.1, 0.15) is 56.9 Å². The number of alkyl carbamates (subject to hydrolysis) is 1. The fraction of sp³-hybridized carbons (Fsp3) is 0.688. The van der Waals surface area contributed by atoms with Gasteiger partial charge in [-0.15, -0.1) is 0 Å². The van der Waals surface area contributed by atoms with Crippen molar-refractivity contribution >= 4 is 12.0 Å². The average molecular weight is 322 g/mol. The van der Waals surface area contributed by atoms with Gasteiger partial charge in [-0.3, -0.25) is 4.79 Å². The minimum Gasteiger partial charge on any atom is -0.444 e. The quantitative estimate of drug-likeness (QED) is 0.891. The van der Waals surface area contributed by atoms with Crippen LogP contribution < -0.4 is 10.6 Å². The van der Waals surface area contributed by atoms with Crippen molar-refractivity contribution in [2.45, 2.75) is 64.1 Å². The standard InChI is InChI=1S/C16H26N4O3/c1-16(2,3)23-15(22)19-12-7-5-6-11(8-12)18-14(21)13-9-20(4)10-17-13/h9-12H,5-8H2,1-4H3,(H,18,21)(H,19,22)/t11-,12?/m1/s1. The van der Waals surface area contributed by atoms with Gasteiger partial charge in [-0.1, -0.05) is 0 Å². The molecule has 1 aliphatic rings. The summed E-state index contributed by atoms with van der Waals surface area (Å²) in [4.78, 5) is 28.0. The molecule has 0 saturated heterocycles. The van der Waals surface area contributed by atoms with Crippen molar-refractivity contribution in [2.24, 2.45) is 7.05 Å².